The van der Waals surface area contributed by atoms with Crippen molar-refractivity contribution in [2.24, 2.45) is 34.0 Å². The summed E-state index contributed by atoms with van der Waals surface area (Å²) in [5.41, 5.74) is 0.585. The molecule has 1 spiro atoms. The first kappa shape index (κ1) is 18.6. The summed E-state index contributed by atoms with van der Waals surface area (Å²) in [6, 6.07) is 3.43. The van der Waals surface area contributed by atoms with Gasteiger partial charge >= 0.3 is 5.63 Å². The predicted octanol–water partition coefficient (Wildman–Crippen LogP) is 4.24. The van der Waals surface area contributed by atoms with Crippen LogP contribution in [-0.2, 0) is 0 Å². The molecular formula is C25H34O4. The molecule has 0 radical (unpaired) electrons. The smallest absolute Gasteiger partial charge is 0.335 e. The van der Waals surface area contributed by atoms with Crippen LogP contribution in [0.25, 0.3) is 0 Å². The molecule has 9 atom stereocenters. The Labute approximate surface area is 172 Å². The maximum absolute atomic E-state index is 12.3. The summed E-state index contributed by atoms with van der Waals surface area (Å²) in [6.07, 6.45) is 11.1. The number of hydrogen-bond donors (Lipinski definition) is 2. The van der Waals surface area contributed by atoms with Crippen molar-refractivity contribution in [1.29, 1.82) is 0 Å². The van der Waals surface area contributed by atoms with E-state index in [0.29, 0.717) is 23.2 Å². The Morgan fingerprint density at radius 3 is 2.45 bits per heavy atom. The third-order valence-corrected chi connectivity index (χ3v) is 11.2. The van der Waals surface area contributed by atoms with Crippen LogP contribution in [0.4, 0.5) is 0 Å². The number of fused-ring (bicyclic) bond motifs is 4. The van der Waals surface area contributed by atoms with Gasteiger partial charge in [0, 0.05) is 11.5 Å². The maximum atomic E-state index is 12.3. The van der Waals surface area contributed by atoms with Gasteiger partial charge in [-0.25, -0.2) is 4.79 Å². The molecule has 6 rings (SSSR count). The quantitative estimate of drug-likeness (QED) is 0.742. The van der Waals surface area contributed by atoms with Gasteiger partial charge in [-0.05, 0) is 104 Å². The first-order valence-corrected chi connectivity index (χ1v) is 11.7. The van der Waals surface area contributed by atoms with Gasteiger partial charge in [0.15, 0.2) is 0 Å². The topological polar surface area (TPSA) is 70.7 Å². The molecule has 0 amide bonds. The fourth-order valence-corrected chi connectivity index (χ4v) is 9.50. The molecule has 5 aliphatic rings. The lowest BCUT2D eigenvalue weighted by atomic mass is 9.42. The molecule has 3 unspecified atom stereocenters. The lowest BCUT2D eigenvalue weighted by Gasteiger charge is -2.64. The van der Waals surface area contributed by atoms with Crippen molar-refractivity contribution in [2.45, 2.75) is 89.3 Å². The normalized spacial score (nSPS) is 55.4. The molecule has 1 aromatic rings. The van der Waals surface area contributed by atoms with Gasteiger partial charge in [-0.2, -0.15) is 0 Å². The molecule has 0 saturated heterocycles. The third-order valence-electron chi connectivity index (χ3n) is 11.2. The fourth-order valence-electron chi connectivity index (χ4n) is 9.50. The standard InChI is InChI=1S/C25H34O4/c1-22-10-8-20(26)19-13-24(19,22)11-6-18-17(22)5-9-23(2)16(7-12-25(18,23)28)15-3-4-21(27)29-14-15/h3-4,14,16-20,26,28H,5-13H2,1-2H3/t16-,17?,18?,19+,20?,22-,23-,24+,25+/m1/s1. The minimum atomic E-state index is -0.637. The number of aliphatic hydroxyl groups is 2. The van der Waals surface area contributed by atoms with Crippen molar-refractivity contribution in [2.75, 3.05) is 0 Å². The Balaban J connectivity index is 1.36. The Kier molecular flexibility index (Phi) is 3.57. The molecular weight excluding hydrogens is 364 g/mol. The average molecular weight is 399 g/mol. The maximum Gasteiger partial charge on any atom is 0.335 e. The molecule has 5 saturated carbocycles. The van der Waals surface area contributed by atoms with E-state index in [1.807, 2.05) is 6.07 Å². The summed E-state index contributed by atoms with van der Waals surface area (Å²) in [7, 11) is 0. The van der Waals surface area contributed by atoms with E-state index in [0.717, 1.165) is 44.1 Å². The molecule has 4 nitrogen and oxygen atoms in total. The van der Waals surface area contributed by atoms with Crippen LogP contribution in [0.2, 0.25) is 0 Å². The van der Waals surface area contributed by atoms with E-state index in [4.69, 9.17) is 4.42 Å². The van der Waals surface area contributed by atoms with Crippen molar-refractivity contribution in [3.63, 3.8) is 0 Å². The minimum Gasteiger partial charge on any atom is -0.431 e. The van der Waals surface area contributed by atoms with Crippen LogP contribution in [0.15, 0.2) is 27.6 Å². The molecule has 0 aliphatic heterocycles. The van der Waals surface area contributed by atoms with Crippen LogP contribution in [0.1, 0.15) is 83.1 Å². The first-order valence-electron chi connectivity index (χ1n) is 11.7. The van der Waals surface area contributed by atoms with Gasteiger partial charge in [0.1, 0.15) is 0 Å². The van der Waals surface area contributed by atoms with E-state index in [1.54, 1.807) is 6.26 Å². The molecule has 0 bridgehead atoms. The van der Waals surface area contributed by atoms with Crippen LogP contribution >= 0.6 is 0 Å². The van der Waals surface area contributed by atoms with E-state index >= 15 is 0 Å². The van der Waals surface area contributed by atoms with Gasteiger partial charge in [0.25, 0.3) is 0 Å². The Morgan fingerprint density at radius 2 is 1.69 bits per heavy atom. The monoisotopic (exact) mass is 398 g/mol. The zero-order chi connectivity index (χ0) is 20.2. The molecule has 29 heavy (non-hydrogen) atoms. The van der Waals surface area contributed by atoms with Crippen molar-refractivity contribution in [3.8, 4) is 0 Å². The highest BCUT2D eigenvalue weighted by molar-refractivity contribution is 5.29. The molecule has 0 aromatic carbocycles. The molecule has 1 heterocycles. The second-order valence-corrected chi connectivity index (χ2v) is 11.6. The second-order valence-electron chi connectivity index (χ2n) is 11.6. The van der Waals surface area contributed by atoms with Crippen LogP contribution in [-0.4, -0.2) is 21.9 Å². The summed E-state index contributed by atoms with van der Waals surface area (Å²) in [5.74, 6) is 1.69. The fraction of sp³-hybridized carbons (Fsp3) is 0.800. The zero-order valence-electron chi connectivity index (χ0n) is 17.7. The summed E-state index contributed by atoms with van der Waals surface area (Å²) in [5, 5.41) is 22.8. The molecule has 2 N–H and O–H groups in total. The van der Waals surface area contributed by atoms with Gasteiger partial charge in [-0.15, -0.1) is 0 Å². The van der Waals surface area contributed by atoms with E-state index in [1.165, 1.54) is 25.3 Å². The zero-order valence-corrected chi connectivity index (χ0v) is 17.7. The lowest BCUT2D eigenvalue weighted by molar-refractivity contribution is -0.210. The second kappa shape index (κ2) is 5.56. The largest absolute Gasteiger partial charge is 0.431 e. The van der Waals surface area contributed by atoms with Gasteiger partial charge < -0.3 is 14.6 Å². The molecule has 5 fully saturated rings. The molecule has 4 heteroatoms. The van der Waals surface area contributed by atoms with Crippen LogP contribution in [0.3, 0.4) is 0 Å². The summed E-state index contributed by atoms with van der Waals surface area (Å²) >= 11 is 0. The van der Waals surface area contributed by atoms with Gasteiger partial charge in [-0.1, -0.05) is 13.8 Å². The molecule has 5 aliphatic carbocycles. The average Bonchev–Trinajstić information content (AvgIpc) is 3.38. The van der Waals surface area contributed by atoms with Gasteiger partial charge in [-0.3, -0.25) is 0 Å². The van der Waals surface area contributed by atoms with E-state index in [9.17, 15) is 15.0 Å². The van der Waals surface area contributed by atoms with Gasteiger partial charge in [0.2, 0.25) is 0 Å². The molecule has 158 valence electrons. The number of aliphatic hydroxyl groups excluding tert-OH is 1. The minimum absolute atomic E-state index is 0.0971. The highest BCUT2D eigenvalue weighted by Gasteiger charge is 2.76. The van der Waals surface area contributed by atoms with Crippen molar-refractivity contribution < 1.29 is 14.6 Å². The highest BCUT2D eigenvalue weighted by atomic mass is 16.4. The summed E-state index contributed by atoms with van der Waals surface area (Å²) < 4.78 is 5.19. The lowest BCUT2D eigenvalue weighted by Crippen LogP contribution is -2.62. The predicted molar refractivity (Wildman–Crippen MR) is 109 cm³/mol. The van der Waals surface area contributed by atoms with Crippen molar-refractivity contribution in [3.05, 3.63) is 34.4 Å². The van der Waals surface area contributed by atoms with Crippen molar-refractivity contribution in [1.82, 2.24) is 0 Å². The van der Waals surface area contributed by atoms with E-state index in [-0.39, 0.29) is 28.5 Å². The SMILES string of the molecule is C[C@]12CCC(O)[C@@H]3C[C@@]31CCC1C2CC[C@]2(C)[C@@H](c3ccc(=O)oc3)CC[C@]12O. The molecule has 1 aromatic heterocycles. The van der Waals surface area contributed by atoms with Crippen molar-refractivity contribution >= 4 is 0 Å². The number of hydrogen-bond acceptors (Lipinski definition) is 4. The van der Waals surface area contributed by atoms with Crippen LogP contribution in [0.5, 0.6) is 0 Å². The van der Waals surface area contributed by atoms with Crippen LogP contribution in [0, 0.1) is 34.0 Å². The van der Waals surface area contributed by atoms with E-state index < -0.39 is 5.60 Å². The Morgan fingerprint density at radius 1 is 0.931 bits per heavy atom. The first-order chi connectivity index (χ1) is 13.8. The van der Waals surface area contributed by atoms with Gasteiger partial charge in [0.05, 0.1) is 18.0 Å². The van der Waals surface area contributed by atoms with Crippen LogP contribution < -0.4 is 5.63 Å². The number of rotatable bonds is 1. The summed E-state index contributed by atoms with van der Waals surface area (Å²) in [4.78, 5) is 11.4. The summed E-state index contributed by atoms with van der Waals surface area (Å²) in [6.45, 7) is 4.79. The Hall–Kier alpha value is -1.13. The van der Waals surface area contributed by atoms with E-state index in [2.05, 4.69) is 13.8 Å². The Bertz CT molecular complexity index is 888. The highest BCUT2D eigenvalue weighted by Crippen LogP contribution is 2.80. The third kappa shape index (κ3) is 2.06.